The summed E-state index contributed by atoms with van der Waals surface area (Å²) in [7, 11) is 0.982. The molecule has 0 aromatic rings. The van der Waals surface area contributed by atoms with E-state index in [0.717, 1.165) is 8.14 Å². The molecule has 0 N–H and O–H groups in total. The zero-order valence-corrected chi connectivity index (χ0v) is 8.00. The van der Waals surface area contributed by atoms with Crippen molar-refractivity contribution in [2.45, 2.75) is 38.7 Å². The Balaban J connectivity index is 2.53. The van der Waals surface area contributed by atoms with Crippen LogP contribution in [-0.2, 0) is 0 Å². The molecule has 0 aromatic heterocycles. The third kappa shape index (κ3) is 6.70. The van der Waals surface area contributed by atoms with Crippen LogP contribution in [0.5, 0.6) is 0 Å². The lowest BCUT2D eigenvalue weighted by Crippen LogP contribution is -1.77. The van der Waals surface area contributed by atoms with Crippen molar-refractivity contribution in [3.8, 4) is 0 Å². The van der Waals surface area contributed by atoms with E-state index in [9.17, 15) is 0 Å². The quantitative estimate of drug-likeness (QED) is 0.357. The van der Waals surface area contributed by atoms with E-state index in [-0.39, 0.29) is 0 Å². The summed E-state index contributed by atoms with van der Waals surface area (Å²) < 4.78 is 0. The molecule has 0 fully saturated rings. The van der Waals surface area contributed by atoms with Gasteiger partial charge in [-0.25, -0.2) is 0 Å². The average Bonchev–Trinajstić information content (AvgIpc) is 1.81. The van der Waals surface area contributed by atoms with E-state index in [1.165, 1.54) is 31.7 Å². The SMILES string of the molecule is CCCCCC[Si]Br. The van der Waals surface area contributed by atoms with Gasteiger partial charge in [-0.1, -0.05) is 38.7 Å². The van der Waals surface area contributed by atoms with Gasteiger partial charge in [0.2, 0.25) is 0 Å². The molecule has 2 radical (unpaired) electrons. The van der Waals surface area contributed by atoms with Gasteiger partial charge in [0.25, 0.3) is 0 Å². The minimum Gasteiger partial charge on any atom is -0.131 e. The van der Waals surface area contributed by atoms with E-state index < -0.39 is 0 Å². The predicted octanol–water partition coefficient (Wildman–Crippen LogP) is 3.00. The Morgan fingerprint density at radius 2 is 2.00 bits per heavy atom. The predicted molar refractivity (Wildman–Crippen MR) is 43.6 cm³/mol. The second kappa shape index (κ2) is 7.70. The maximum atomic E-state index is 3.43. The molecular formula is C6H13BrSi. The molecule has 0 spiro atoms. The monoisotopic (exact) mass is 192 g/mol. The molecule has 2 heteroatoms. The molecule has 8 heavy (non-hydrogen) atoms. The van der Waals surface area contributed by atoms with Crippen LogP contribution in [0.15, 0.2) is 0 Å². The largest absolute Gasteiger partial charge is 0.137 e. The van der Waals surface area contributed by atoms with E-state index in [4.69, 9.17) is 0 Å². The second-order valence-corrected chi connectivity index (χ2v) is 4.39. The molecule has 0 nitrogen and oxygen atoms in total. The topological polar surface area (TPSA) is 0 Å². The van der Waals surface area contributed by atoms with E-state index in [0.29, 0.717) is 0 Å². The first-order chi connectivity index (χ1) is 3.91. The van der Waals surface area contributed by atoms with Crippen molar-refractivity contribution in [1.82, 2.24) is 0 Å². The van der Waals surface area contributed by atoms with Gasteiger partial charge >= 0.3 is 0 Å². The van der Waals surface area contributed by atoms with Gasteiger partial charge in [-0.2, -0.15) is 0 Å². The Kier molecular flexibility index (Phi) is 8.37. The van der Waals surface area contributed by atoms with Gasteiger partial charge in [-0.05, 0) is 0 Å². The van der Waals surface area contributed by atoms with Crippen molar-refractivity contribution < 1.29 is 0 Å². The van der Waals surface area contributed by atoms with Gasteiger partial charge in [-0.15, -0.1) is 15.3 Å². The summed E-state index contributed by atoms with van der Waals surface area (Å²) in [5.74, 6) is 0. The summed E-state index contributed by atoms with van der Waals surface area (Å²) in [5, 5.41) is 0. The summed E-state index contributed by atoms with van der Waals surface area (Å²) in [4.78, 5) is 0. The van der Waals surface area contributed by atoms with Crippen molar-refractivity contribution in [1.29, 1.82) is 0 Å². The van der Waals surface area contributed by atoms with Crippen LogP contribution in [0.1, 0.15) is 32.6 Å². The van der Waals surface area contributed by atoms with Gasteiger partial charge in [-0.3, -0.25) is 0 Å². The van der Waals surface area contributed by atoms with Gasteiger partial charge in [0.15, 0.2) is 0 Å². The molecule has 0 saturated carbocycles. The summed E-state index contributed by atoms with van der Waals surface area (Å²) >= 11 is 3.43. The van der Waals surface area contributed by atoms with E-state index in [1.807, 2.05) is 0 Å². The zero-order chi connectivity index (χ0) is 6.24. The molecule has 0 unspecified atom stereocenters. The molecule has 0 rings (SSSR count). The Bertz CT molecular complexity index is 33.5. The molecular weight excluding hydrogens is 180 g/mol. The lowest BCUT2D eigenvalue weighted by Gasteiger charge is -1.92. The van der Waals surface area contributed by atoms with Gasteiger partial charge in [0, 0.05) is 0 Å². The van der Waals surface area contributed by atoms with Gasteiger partial charge < -0.3 is 0 Å². The summed E-state index contributed by atoms with van der Waals surface area (Å²) in [6.07, 6.45) is 5.61. The van der Waals surface area contributed by atoms with Crippen LogP contribution >= 0.6 is 15.3 Å². The molecule has 0 bridgehead atoms. The van der Waals surface area contributed by atoms with Crippen LogP contribution in [-0.4, -0.2) is 8.14 Å². The second-order valence-electron chi connectivity index (χ2n) is 1.94. The number of hydrogen-bond donors (Lipinski definition) is 0. The van der Waals surface area contributed by atoms with Crippen LogP contribution in [0.4, 0.5) is 0 Å². The standard InChI is InChI=1S/C6H13BrSi/c1-2-3-4-5-6-8-7/h2-6H2,1H3. The lowest BCUT2D eigenvalue weighted by atomic mass is 10.2. The van der Waals surface area contributed by atoms with E-state index in [2.05, 4.69) is 22.2 Å². The highest BCUT2D eigenvalue weighted by molar-refractivity contribution is 9.23. The number of halogens is 1. The smallest absolute Gasteiger partial charge is 0.131 e. The highest BCUT2D eigenvalue weighted by atomic mass is 79.9. The maximum Gasteiger partial charge on any atom is 0.137 e. The highest BCUT2D eigenvalue weighted by Gasteiger charge is 1.85. The molecule has 0 aliphatic carbocycles. The Hall–Kier alpha value is 0.697. The van der Waals surface area contributed by atoms with Crippen LogP contribution in [0.3, 0.4) is 0 Å². The Morgan fingerprint density at radius 3 is 2.50 bits per heavy atom. The maximum absolute atomic E-state index is 3.43. The third-order valence-corrected chi connectivity index (χ3v) is 2.86. The molecule has 0 atom stereocenters. The molecule has 0 aromatic carbocycles. The van der Waals surface area contributed by atoms with Crippen molar-refractivity contribution in [2.24, 2.45) is 0 Å². The van der Waals surface area contributed by atoms with E-state index in [1.54, 1.807) is 0 Å². The Labute approximate surface area is 62.5 Å². The number of unbranched alkanes of at least 4 members (excludes halogenated alkanes) is 3. The van der Waals surface area contributed by atoms with Crippen molar-refractivity contribution >= 4 is 23.4 Å². The lowest BCUT2D eigenvalue weighted by molar-refractivity contribution is 0.701. The fourth-order valence-electron chi connectivity index (χ4n) is 0.619. The molecule has 0 aliphatic heterocycles. The third-order valence-electron chi connectivity index (χ3n) is 1.12. The zero-order valence-electron chi connectivity index (χ0n) is 5.41. The van der Waals surface area contributed by atoms with Crippen LogP contribution in [0.25, 0.3) is 0 Å². The van der Waals surface area contributed by atoms with Crippen molar-refractivity contribution in [3.63, 3.8) is 0 Å². The molecule has 0 saturated heterocycles. The van der Waals surface area contributed by atoms with Crippen LogP contribution in [0, 0.1) is 0 Å². The minimum atomic E-state index is 0.982. The van der Waals surface area contributed by atoms with E-state index >= 15 is 0 Å². The van der Waals surface area contributed by atoms with Crippen molar-refractivity contribution in [3.05, 3.63) is 0 Å². The first-order valence-electron chi connectivity index (χ1n) is 3.25. The Morgan fingerprint density at radius 1 is 1.25 bits per heavy atom. The highest BCUT2D eigenvalue weighted by Crippen LogP contribution is 2.02. The molecule has 48 valence electrons. The average molecular weight is 193 g/mol. The fourth-order valence-corrected chi connectivity index (χ4v) is 1.84. The molecule has 0 amide bonds. The molecule has 0 heterocycles. The van der Waals surface area contributed by atoms with Crippen LogP contribution < -0.4 is 0 Å². The minimum absolute atomic E-state index is 0.982. The van der Waals surface area contributed by atoms with Crippen molar-refractivity contribution in [2.75, 3.05) is 0 Å². The normalized spacial score (nSPS) is 9.75. The molecule has 0 aliphatic rings. The summed E-state index contributed by atoms with van der Waals surface area (Å²) in [6.45, 7) is 2.25. The summed E-state index contributed by atoms with van der Waals surface area (Å²) in [6, 6.07) is 1.38. The fraction of sp³-hybridized carbons (Fsp3) is 1.00. The number of hydrogen-bond acceptors (Lipinski definition) is 0. The summed E-state index contributed by atoms with van der Waals surface area (Å²) in [5.41, 5.74) is 0. The first kappa shape index (κ1) is 8.70. The van der Waals surface area contributed by atoms with Crippen LogP contribution in [0.2, 0.25) is 6.04 Å². The van der Waals surface area contributed by atoms with Gasteiger partial charge in [0.1, 0.15) is 8.14 Å². The van der Waals surface area contributed by atoms with Gasteiger partial charge in [0.05, 0.1) is 0 Å². The first-order valence-corrected chi connectivity index (χ1v) is 6.71. The number of rotatable bonds is 5.